The van der Waals surface area contributed by atoms with Gasteiger partial charge in [-0.2, -0.15) is 0 Å². The highest BCUT2D eigenvalue weighted by Gasteiger charge is 2.53. The average molecular weight is 298 g/mol. The highest BCUT2D eigenvalue weighted by Crippen LogP contribution is 2.44. The van der Waals surface area contributed by atoms with Crippen LogP contribution in [0.15, 0.2) is 0 Å². The predicted molar refractivity (Wildman–Crippen MR) is 82.2 cm³/mol. The van der Waals surface area contributed by atoms with E-state index in [2.05, 4.69) is 13.8 Å². The van der Waals surface area contributed by atoms with E-state index in [1.165, 1.54) is 12.8 Å². The minimum absolute atomic E-state index is 0.202. The molecule has 0 spiro atoms. The molecular weight excluding hydrogens is 268 g/mol. The third-order valence-electron chi connectivity index (χ3n) is 4.92. The zero-order valence-corrected chi connectivity index (χ0v) is 13.4. The second kappa shape index (κ2) is 8.40. The van der Waals surface area contributed by atoms with Gasteiger partial charge in [0.05, 0.1) is 0 Å². The van der Waals surface area contributed by atoms with Crippen LogP contribution < -0.4 is 0 Å². The maximum Gasteiger partial charge on any atom is 0.321 e. The van der Waals surface area contributed by atoms with Gasteiger partial charge in [-0.1, -0.05) is 58.8 Å². The summed E-state index contributed by atoms with van der Waals surface area (Å²) in [5, 5.41) is 18.9. The number of hydrogen-bond acceptors (Lipinski definition) is 2. The maximum absolute atomic E-state index is 11.6. The van der Waals surface area contributed by atoms with Gasteiger partial charge in [-0.15, -0.1) is 0 Å². The summed E-state index contributed by atoms with van der Waals surface area (Å²) in [5.41, 5.74) is -1.53. The minimum atomic E-state index is -1.53. The summed E-state index contributed by atoms with van der Waals surface area (Å²) in [6.07, 6.45) is 9.08. The molecule has 4 nitrogen and oxygen atoms in total. The Morgan fingerprint density at radius 1 is 1.05 bits per heavy atom. The van der Waals surface area contributed by atoms with Crippen LogP contribution in [0.3, 0.4) is 0 Å². The van der Waals surface area contributed by atoms with E-state index >= 15 is 0 Å². The first-order chi connectivity index (χ1) is 9.91. The van der Waals surface area contributed by atoms with Gasteiger partial charge < -0.3 is 10.2 Å². The number of aliphatic carboxylic acids is 2. The Hall–Kier alpha value is -1.06. The summed E-state index contributed by atoms with van der Waals surface area (Å²) >= 11 is 0. The van der Waals surface area contributed by atoms with Crippen molar-refractivity contribution >= 4 is 11.9 Å². The molecule has 1 fully saturated rings. The number of hydrogen-bond donors (Lipinski definition) is 2. The standard InChI is InChI=1S/C17H30O4/c1-13(2)9-5-3-4-6-10-14-11-7-8-12-17(14,15(18)19)16(20)21/h13-14H,3-12H2,1-2H3,(H,18,19)(H,20,21). The molecular formula is C17H30O4. The molecule has 2 N–H and O–H groups in total. The van der Waals surface area contributed by atoms with E-state index in [4.69, 9.17) is 0 Å². The van der Waals surface area contributed by atoms with E-state index in [9.17, 15) is 19.8 Å². The Balaban J connectivity index is 2.47. The monoisotopic (exact) mass is 298 g/mol. The lowest BCUT2D eigenvalue weighted by Crippen LogP contribution is -2.47. The van der Waals surface area contributed by atoms with Crippen LogP contribution in [0.25, 0.3) is 0 Å². The van der Waals surface area contributed by atoms with E-state index in [1.807, 2.05) is 0 Å². The van der Waals surface area contributed by atoms with Gasteiger partial charge in [-0.05, 0) is 31.1 Å². The van der Waals surface area contributed by atoms with Gasteiger partial charge in [0.1, 0.15) is 0 Å². The van der Waals surface area contributed by atoms with Crippen LogP contribution in [0.4, 0.5) is 0 Å². The Morgan fingerprint density at radius 3 is 2.24 bits per heavy atom. The van der Waals surface area contributed by atoms with Crippen LogP contribution in [0, 0.1) is 17.3 Å². The molecule has 1 rings (SSSR count). The van der Waals surface area contributed by atoms with E-state index in [-0.39, 0.29) is 12.3 Å². The highest BCUT2D eigenvalue weighted by atomic mass is 16.4. The summed E-state index contributed by atoms with van der Waals surface area (Å²) < 4.78 is 0. The van der Waals surface area contributed by atoms with Gasteiger partial charge in [-0.25, -0.2) is 0 Å². The lowest BCUT2D eigenvalue weighted by molar-refractivity contribution is -0.172. The molecule has 1 aliphatic carbocycles. The molecule has 0 aromatic heterocycles. The van der Waals surface area contributed by atoms with Crippen LogP contribution in [-0.2, 0) is 9.59 Å². The number of carbonyl (C=O) groups is 2. The van der Waals surface area contributed by atoms with Crippen molar-refractivity contribution < 1.29 is 19.8 Å². The molecule has 0 radical (unpaired) electrons. The topological polar surface area (TPSA) is 74.6 Å². The molecule has 0 aromatic rings. The van der Waals surface area contributed by atoms with Crippen molar-refractivity contribution in [3.63, 3.8) is 0 Å². The molecule has 0 amide bonds. The summed E-state index contributed by atoms with van der Waals surface area (Å²) in [6, 6.07) is 0. The molecule has 0 aliphatic heterocycles. The van der Waals surface area contributed by atoms with Crippen molar-refractivity contribution in [3.05, 3.63) is 0 Å². The third kappa shape index (κ3) is 4.72. The zero-order valence-electron chi connectivity index (χ0n) is 13.4. The van der Waals surface area contributed by atoms with Gasteiger partial charge >= 0.3 is 11.9 Å². The van der Waals surface area contributed by atoms with Crippen LogP contribution in [0.2, 0.25) is 0 Å². The van der Waals surface area contributed by atoms with E-state index in [0.29, 0.717) is 6.42 Å². The van der Waals surface area contributed by atoms with Crippen molar-refractivity contribution in [2.75, 3.05) is 0 Å². The quantitative estimate of drug-likeness (QED) is 0.491. The average Bonchev–Trinajstić information content (AvgIpc) is 2.42. The molecule has 0 bridgehead atoms. The second-order valence-electron chi connectivity index (χ2n) is 6.91. The lowest BCUT2D eigenvalue weighted by Gasteiger charge is -2.37. The largest absolute Gasteiger partial charge is 0.480 e. The summed E-state index contributed by atoms with van der Waals surface area (Å²) in [4.78, 5) is 23.1. The van der Waals surface area contributed by atoms with Crippen molar-refractivity contribution in [3.8, 4) is 0 Å². The van der Waals surface area contributed by atoms with Crippen molar-refractivity contribution in [2.24, 2.45) is 17.3 Å². The first-order valence-corrected chi connectivity index (χ1v) is 8.38. The molecule has 21 heavy (non-hydrogen) atoms. The van der Waals surface area contributed by atoms with E-state index in [0.717, 1.165) is 44.4 Å². The number of carboxylic acid groups (broad SMARTS) is 2. The molecule has 0 aromatic carbocycles. The predicted octanol–water partition coefficient (Wildman–Crippen LogP) is 4.33. The Kier molecular flexibility index (Phi) is 7.20. The fraction of sp³-hybridized carbons (Fsp3) is 0.882. The molecule has 1 unspecified atom stereocenters. The summed E-state index contributed by atoms with van der Waals surface area (Å²) in [5.74, 6) is -1.75. The first kappa shape index (κ1) is 18.0. The fourth-order valence-electron chi connectivity index (χ4n) is 3.59. The molecule has 4 heteroatoms. The van der Waals surface area contributed by atoms with Crippen LogP contribution in [0.1, 0.15) is 78.1 Å². The van der Waals surface area contributed by atoms with Crippen molar-refractivity contribution in [2.45, 2.75) is 78.1 Å². The van der Waals surface area contributed by atoms with Gasteiger partial charge in [0.15, 0.2) is 5.41 Å². The van der Waals surface area contributed by atoms with Gasteiger partial charge in [0, 0.05) is 0 Å². The van der Waals surface area contributed by atoms with Gasteiger partial charge in [0.25, 0.3) is 0 Å². The Morgan fingerprint density at radius 2 is 1.67 bits per heavy atom. The normalized spacial score (nSPS) is 21.4. The molecule has 0 saturated heterocycles. The SMILES string of the molecule is CC(C)CCCCCCC1CCCCC1(C(=O)O)C(=O)O. The van der Waals surface area contributed by atoms with Crippen LogP contribution >= 0.6 is 0 Å². The van der Waals surface area contributed by atoms with E-state index < -0.39 is 17.4 Å². The number of carboxylic acids is 2. The highest BCUT2D eigenvalue weighted by molar-refractivity contribution is 5.98. The van der Waals surface area contributed by atoms with Crippen molar-refractivity contribution in [1.29, 1.82) is 0 Å². The number of rotatable bonds is 9. The second-order valence-corrected chi connectivity index (χ2v) is 6.91. The lowest BCUT2D eigenvalue weighted by atomic mass is 9.64. The molecule has 1 aliphatic rings. The smallest absolute Gasteiger partial charge is 0.321 e. The molecule has 1 atom stereocenters. The molecule has 122 valence electrons. The zero-order chi connectivity index (χ0) is 15.9. The van der Waals surface area contributed by atoms with Gasteiger partial charge in [-0.3, -0.25) is 9.59 Å². The van der Waals surface area contributed by atoms with Crippen molar-refractivity contribution in [1.82, 2.24) is 0 Å². The van der Waals surface area contributed by atoms with Crippen LogP contribution in [-0.4, -0.2) is 22.2 Å². The fourth-order valence-corrected chi connectivity index (χ4v) is 3.59. The molecule has 0 heterocycles. The summed E-state index contributed by atoms with van der Waals surface area (Å²) in [7, 11) is 0. The first-order valence-electron chi connectivity index (χ1n) is 8.38. The van der Waals surface area contributed by atoms with Gasteiger partial charge in [0.2, 0.25) is 0 Å². The van der Waals surface area contributed by atoms with E-state index in [1.54, 1.807) is 0 Å². The molecule has 1 saturated carbocycles. The Bertz CT molecular complexity index is 335. The maximum atomic E-state index is 11.6. The Labute approximate surface area is 127 Å². The third-order valence-corrected chi connectivity index (χ3v) is 4.92. The number of unbranched alkanes of at least 4 members (excludes halogenated alkanes) is 3. The minimum Gasteiger partial charge on any atom is -0.480 e. The summed E-state index contributed by atoms with van der Waals surface area (Å²) in [6.45, 7) is 4.44. The van der Waals surface area contributed by atoms with Crippen LogP contribution in [0.5, 0.6) is 0 Å².